The summed E-state index contributed by atoms with van der Waals surface area (Å²) in [6.45, 7) is 16.2. The minimum Gasteiger partial charge on any atom is -0.103 e. The molecule has 0 nitrogen and oxygen atoms in total. The molecule has 1 aliphatic rings. The van der Waals surface area contributed by atoms with Crippen LogP contribution in [-0.2, 0) is 6.42 Å². The molecular weight excluding hydrogens is 324 g/mol. The Bertz CT molecular complexity index is 596. The van der Waals surface area contributed by atoms with Gasteiger partial charge in [0.15, 0.2) is 0 Å². The highest BCUT2D eigenvalue weighted by molar-refractivity contribution is 5.72. The van der Waals surface area contributed by atoms with Crippen LogP contribution in [0, 0.1) is 12.8 Å². The standard InChI is InChI=1S/C22H34.C5H8/c1-5-7-10-19-15-14-17(3)22(16-19)21-13-9-12-20(18(21)4)11-8-6-2;1-3-5-4-2/h14-16,20H,5-13H2,1-4H3;3-4H,1-2,5H2. The third kappa shape index (κ3) is 7.91. The molecule has 2 rings (SSSR count). The molecule has 0 amide bonds. The van der Waals surface area contributed by atoms with Crippen LogP contribution in [0.15, 0.2) is 49.1 Å². The quantitative estimate of drug-likeness (QED) is 0.383. The fourth-order valence-electron chi connectivity index (χ4n) is 3.99. The molecule has 0 aromatic heterocycles. The number of hydrogen-bond donors (Lipinski definition) is 0. The van der Waals surface area contributed by atoms with Gasteiger partial charge in [0, 0.05) is 0 Å². The molecule has 0 fully saturated rings. The Morgan fingerprint density at radius 1 is 1.04 bits per heavy atom. The highest BCUT2D eigenvalue weighted by Gasteiger charge is 2.21. The molecule has 1 aliphatic carbocycles. The Hall–Kier alpha value is -1.56. The summed E-state index contributed by atoms with van der Waals surface area (Å²) in [5, 5.41) is 0. The van der Waals surface area contributed by atoms with Crippen LogP contribution in [0.25, 0.3) is 5.57 Å². The summed E-state index contributed by atoms with van der Waals surface area (Å²) in [6, 6.07) is 7.17. The predicted molar refractivity (Wildman–Crippen MR) is 124 cm³/mol. The second-order valence-electron chi connectivity index (χ2n) is 7.96. The molecule has 0 heteroatoms. The summed E-state index contributed by atoms with van der Waals surface area (Å²) >= 11 is 0. The van der Waals surface area contributed by atoms with Crippen molar-refractivity contribution >= 4 is 5.57 Å². The van der Waals surface area contributed by atoms with E-state index in [1.807, 2.05) is 12.2 Å². The Morgan fingerprint density at radius 3 is 2.33 bits per heavy atom. The van der Waals surface area contributed by atoms with E-state index in [0.717, 1.165) is 12.3 Å². The normalized spacial score (nSPS) is 16.5. The summed E-state index contributed by atoms with van der Waals surface area (Å²) in [6.07, 6.45) is 16.5. The lowest BCUT2D eigenvalue weighted by atomic mass is 9.77. The highest BCUT2D eigenvalue weighted by Crippen LogP contribution is 2.39. The lowest BCUT2D eigenvalue weighted by Crippen LogP contribution is -2.11. The van der Waals surface area contributed by atoms with Crippen LogP contribution < -0.4 is 0 Å². The molecule has 0 radical (unpaired) electrons. The Balaban J connectivity index is 0.000000646. The zero-order chi connectivity index (χ0) is 20.1. The molecule has 1 aromatic rings. The van der Waals surface area contributed by atoms with Crippen LogP contribution in [0.3, 0.4) is 0 Å². The van der Waals surface area contributed by atoms with Crippen LogP contribution in [-0.4, -0.2) is 0 Å². The number of hydrogen-bond acceptors (Lipinski definition) is 0. The molecule has 1 aromatic carbocycles. The summed E-state index contributed by atoms with van der Waals surface area (Å²) in [4.78, 5) is 0. The van der Waals surface area contributed by atoms with E-state index in [1.165, 1.54) is 68.9 Å². The molecule has 0 saturated heterocycles. The van der Waals surface area contributed by atoms with Gasteiger partial charge in [-0.2, -0.15) is 0 Å². The van der Waals surface area contributed by atoms with Crippen LogP contribution >= 0.6 is 0 Å². The maximum atomic E-state index is 3.48. The third-order valence-electron chi connectivity index (χ3n) is 5.75. The van der Waals surface area contributed by atoms with Gasteiger partial charge in [0.05, 0.1) is 0 Å². The molecular formula is C27H42. The van der Waals surface area contributed by atoms with Crippen molar-refractivity contribution in [3.05, 3.63) is 65.8 Å². The van der Waals surface area contributed by atoms with Crippen molar-refractivity contribution in [2.24, 2.45) is 5.92 Å². The van der Waals surface area contributed by atoms with Gasteiger partial charge in [0.1, 0.15) is 0 Å². The van der Waals surface area contributed by atoms with Crippen molar-refractivity contribution in [2.75, 3.05) is 0 Å². The molecule has 0 spiro atoms. The lowest BCUT2D eigenvalue weighted by Gasteiger charge is -2.28. The topological polar surface area (TPSA) is 0 Å². The minimum atomic E-state index is 0.836. The molecule has 27 heavy (non-hydrogen) atoms. The van der Waals surface area contributed by atoms with Gasteiger partial charge in [-0.25, -0.2) is 0 Å². The molecule has 0 heterocycles. The van der Waals surface area contributed by atoms with Gasteiger partial charge < -0.3 is 0 Å². The largest absolute Gasteiger partial charge is 0.103 e. The molecule has 1 atom stereocenters. The van der Waals surface area contributed by atoms with Crippen molar-refractivity contribution in [3.8, 4) is 0 Å². The monoisotopic (exact) mass is 366 g/mol. The molecule has 150 valence electrons. The van der Waals surface area contributed by atoms with E-state index in [9.17, 15) is 0 Å². The first-order chi connectivity index (χ1) is 13.1. The van der Waals surface area contributed by atoms with Crippen LogP contribution in [0.4, 0.5) is 0 Å². The molecule has 1 unspecified atom stereocenters. The molecule has 0 bridgehead atoms. The first-order valence-electron chi connectivity index (χ1n) is 11.1. The van der Waals surface area contributed by atoms with E-state index in [2.05, 4.69) is 59.1 Å². The maximum Gasteiger partial charge on any atom is -0.0175 e. The number of rotatable bonds is 9. The Labute approximate surface area is 169 Å². The van der Waals surface area contributed by atoms with E-state index in [0.29, 0.717) is 0 Å². The first kappa shape index (κ1) is 23.5. The second kappa shape index (κ2) is 13.6. The van der Waals surface area contributed by atoms with E-state index < -0.39 is 0 Å². The Morgan fingerprint density at radius 2 is 1.74 bits per heavy atom. The molecule has 0 saturated carbocycles. The van der Waals surface area contributed by atoms with Gasteiger partial charge in [0.25, 0.3) is 0 Å². The predicted octanol–water partition coefficient (Wildman–Crippen LogP) is 8.85. The first-order valence-corrected chi connectivity index (χ1v) is 11.1. The average Bonchev–Trinajstić information content (AvgIpc) is 2.68. The summed E-state index contributed by atoms with van der Waals surface area (Å²) in [5.41, 5.74) is 7.90. The zero-order valence-corrected chi connectivity index (χ0v) is 18.4. The number of allylic oxidation sites excluding steroid dienone is 4. The summed E-state index contributed by atoms with van der Waals surface area (Å²) in [5.74, 6) is 0.836. The van der Waals surface area contributed by atoms with Crippen LogP contribution in [0.2, 0.25) is 0 Å². The average molecular weight is 367 g/mol. The van der Waals surface area contributed by atoms with E-state index >= 15 is 0 Å². The SMILES string of the molecule is C=CCC=C.CCCCc1ccc(C)c(C2=C(C)C(CCCC)CCC2)c1. The van der Waals surface area contributed by atoms with E-state index in [4.69, 9.17) is 0 Å². The van der Waals surface area contributed by atoms with Gasteiger partial charge in [0.2, 0.25) is 0 Å². The van der Waals surface area contributed by atoms with Crippen molar-refractivity contribution < 1.29 is 0 Å². The highest BCUT2D eigenvalue weighted by atomic mass is 14.3. The fraction of sp³-hybridized carbons (Fsp3) is 0.556. The van der Waals surface area contributed by atoms with Gasteiger partial charge >= 0.3 is 0 Å². The maximum absolute atomic E-state index is 3.48. The number of aryl methyl sites for hydroxylation is 2. The fourth-order valence-corrected chi connectivity index (χ4v) is 3.99. The lowest BCUT2D eigenvalue weighted by molar-refractivity contribution is 0.466. The summed E-state index contributed by atoms with van der Waals surface area (Å²) < 4.78 is 0. The second-order valence-corrected chi connectivity index (χ2v) is 7.96. The van der Waals surface area contributed by atoms with Crippen molar-refractivity contribution in [2.45, 2.75) is 91.9 Å². The molecule has 0 N–H and O–H groups in total. The van der Waals surface area contributed by atoms with Crippen LogP contribution in [0.5, 0.6) is 0 Å². The van der Waals surface area contributed by atoms with Gasteiger partial charge in [-0.15, -0.1) is 13.2 Å². The van der Waals surface area contributed by atoms with Crippen molar-refractivity contribution in [1.29, 1.82) is 0 Å². The van der Waals surface area contributed by atoms with Gasteiger partial charge in [-0.3, -0.25) is 0 Å². The molecule has 0 aliphatic heterocycles. The minimum absolute atomic E-state index is 0.836. The number of unbranched alkanes of at least 4 members (excludes halogenated alkanes) is 2. The van der Waals surface area contributed by atoms with Gasteiger partial charge in [-0.1, -0.05) is 69.0 Å². The third-order valence-corrected chi connectivity index (χ3v) is 5.75. The van der Waals surface area contributed by atoms with E-state index in [1.54, 1.807) is 16.7 Å². The zero-order valence-electron chi connectivity index (χ0n) is 18.4. The van der Waals surface area contributed by atoms with Crippen molar-refractivity contribution in [3.63, 3.8) is 0 Å². The summed E-state index contributed by atoms with van der Waals surface area (Å²) in [7, 11) is 0. The smallest absolute Gasteiger partial charge is 0.0175 e. The number of benzene rings is 1. The van der Waals surface area contributed by atoms with E-state index in [-0.39, 0.29) is 0 Å². The van der Waals surface area contributed by atoms with Crippen LogP contribution in [0.1, 0.15) is 95.2 Å². The van der Waals surface area contributed by atoms with Gasteiger partial charge in [-0.05, 0) is 87.0 Å². The van der Waals surface area contributed by atoms with Crippen molar-refractivity contribution in [1.82, 2.24) is 0 Å². The Kier molecular flexibility index (Phi) is 11.8.